The maximum absolute atomic E-state index is 12.3. The van der Waals surface area contributed by atoms with E-state index in [-0.39, 0.29) is 11.6 Å². The molecule has 0 radical (unpaired) electrons. The first kappa shape index (κ1) is 16.3. The van der Waals surface area contributed by atoms with E-state index in [0.717, 1.165) is 10.8 Å². The number of amides is 1. The third-order valence-electron chi connectivity index (χ3n) is 3.84. The second-order valence-electron chi connectivity index (χ2n) is 5.53. The van der Waals surface area contributed by atoms with Gasteiger partial charge in [0.2, 0.25) is 0 Å². The molecule has 0 aliphatic rings. The van der Waals surface area contributed by atoms with Crippen LogP contribution in [0, 0.1) is 17.0 Å². The Hall–Kier alpha value is -3.54. The van der Waals surface area contributed by atoms with Gasteiger partial charge in [-0.3, -0.25) is 14.9 Å². The van der Waals surface area contributed by atoms with Crippen LogP contribution in [0.1, 0.15) is 21.5 Å². The molecular formula is C19H15N3O3. The highest BCUT2D eigenvalue weighted by Gasteiger charge is 2.11. The van der Waals surface area contributed by atoms with E-state index >= 15 is 0 Å². The third kappa shape index (κ3) is 3.53. The molecule has 6 nitrogen and oxygen atoms in total. The molecule has 3 aromatic rings. The van der Waals surface area contributed by atoms with Crippen molar-refractivity contribution < 1.29 is 9.72 Å². The van der Waals surface area contributed by atoms with Gasteiger partial charge in [0.25, 0.3) is 11.6 Å². The largest absolute Gasteiger partial charge is 0.272 e. The number of carbonyl (C=O) groups excluding carboxylic acids is 1. The number of rotatable bonds is 4. The van der Waals surface area contributed by atoms with E-state index in [0.29, 0.717) is 16.7 Å². The fraction of sp³-hybridized carbons (Fsp3) is 0.0526. The van der Waals surface area contributed by atoms with Crippen LogP contribution in [-0.2, 0) is 0 Å². The van der Waals surface area contributed by atoms with E-state index in [1.807, 2.05) is 36.4 Å². The minimum atomic E-state index is -0.443. The number of nitrogens with zero attached hydrogens (tertiary/aromatic N) is 2. The summed E-state index contributed by atoms with van der Waals surface area (Å²) in [6.45, 7) is 1.67. The van der Waals surface area contributed by atoms with Gasteiger partial charge in [-0.15, -0.1) is 0 Å². The van der Waals surface area contributed by atoms with E-state index in [4.69, 9.17) is 0 Å². The monoisotopic (exact) mass is 333 g/mol. The van der Waals surface area contributed by atoms with Crippen molar-refractivity contribution in [2.45, 2.75) is 6.92 Å². The Balaban J connectivity index is 1.79. The van der Waals surface area contributed by atoms with Crippen molar-refractivity contribution in [1.82, 2.24) is 5.43 Å². The molecule has 1 N–H and O–H groups in total. The summed E-state index contributed by atoms with van der Waals surface area (Å²) in [5.74, 6) is -0.338. The molecule has 25 heavy (non-hydrogen) atoms. The van der Waals surface area contributed by atoms with Crippen LogP contribution in [0.4, 0.5) is 5.69 Å². The molecule has 0 aromatic heterocycles. The zero-order valence-corrected chi connectivity index (χ0v) is 13.5. The Labute approximate surface area is 143 Å². The Morgan fingerprint density at radius 3 is 2.68 bits per heavy atom. The molecule has 3 aromatic carbocycles. The molecule has 124 valence electrons. The summed E-state index contributed by atoms with van der Waals surface area (Å²) in [5, 5.41) is 16.7. The quantitative estimate of drug-likeness (QED) is 0.447. The Morgan fingerprint density at radius 2 is 1.88 bits per heavy atom. The first-order valence-electron chi connectivity index (χ1n) is 7.62. The first-order valence-corrected chi connectivity index (χ1v) is 7.62. The summed E-state index contributed by atoms with van der Waals surface area (Å²) in [4.78, 5) is 22.9. The van der Waals surface area contributed by atoms with E-state index in [1.165, 1.54) is 12.3 Å². The lowest BCUT2D eigenvalue weighted by atomic mass is 10.0. The van der Waals surface area contributed by atoms with E-state index in [9.17, 15) is 14.9 Å². The van der Waals surface area contributed by atoms with Gasteiger partial charge in [0, 0.05) is 22.8 Å². The second-order valence-corrected chi connectivity index (χ2v) is 5.53. The summed E-state index contributed by atoms with van der Waals surface area (Å²) < 4.78 is 0. The SMILES string of the molecule is Cc1ccc(C=NNC(=O)c2cccc3ccccc23)cc1[N+](=O)[O-]. The molecule has 0 aliphatic carbocycles. The maximum Gasteiger partial charge on any atom is 0.272 e. The number of fused-ring (bicyclic) bond motifs is 1. The van der Waals surface area contributed by atoms with Gasteiger partial charge in [-0.1, -0.05) is 48.5 Å². The van der Waals surface area contributed by atoms with Gasteiger partial charge in [-0.05, 0) is 23.8 Å². The lowest BCUT2D eigenvalue weighted by Crippen LogP contribution is -2.17. The van der Waals surface area contributed by atoms with Gasteiger partial charge in [-0.2, -0.15) is 5.10 Å². The highest BCUT2D eigenvalue weighted by atomic mass is 16.6. The molecule has 0 saturated heterocycles. The van der Waals surface area contributed by atoms with Gasteiger partial charge in [-0.25, -0.2) is 5.43 Å². The highest BCUT2D eigenvalue weighted by molar-refractivity contribution is 6.07. The molecule has 3 rings (SSSR count). The fourth-order valence-electron chi connectivity index (χ4n) is 2.55. The summed E-state index contributed by atoms with van der Waals surface area (Å²) in [6.07, 6.45) is 1.38. The molecule has 0 unspecified atom stereocenters. The molecule has 0 heterocycles. The van der Waals surface area contributed by atoms with Crippen LogP contribution in [0.2, 0.25) is 0 Å². The smallest absolute Gasteiger partial charge is 0.267 e. The number of hydrazone groups is 1. The topological polar surface area (TPSA) is 84.6 Å². The van der Waals surface area contributed by atoms with Crippen molar-refractivity contribution in [3.05, 3.63) is 87.5 Å². The van der Waals surface area contributed by atoms with Gasteiger partial charge < -0.3 is 0 Å². The van der Waals surface area contributed by atoms with Crippen molar-refractivity contribution >= 4 is 28.6 Å². The molecule has 1 amide bonds. The number of carbonyl (C=O) groups is 1. The highest BCUT2D eigenvalue weighted by Crippen LogP contribution is 2.19. The molecule has 6 heteroatoms. The van der Waals surface area contributed by atoms with E-state index < -0.39 is 4.92 Å². The number of nitro groups is 1. The Bertz CT molecular complexity index is 991. The minimum Gasteiger partial charge on any atom is -0.267 e. The van der Waals surface area contributed by atoms with E-state index in [1.54, 1.807) is 25.1 Å². The maximum atomic E-state index is 12.3. The summed E-state index contributed by atoms with van der Waals surface area (Å²) in [5.41, 5.74) is 4.11. The normalized spacial score (nSPS) is 10.9. The summed E-state index contributed by atoms with van der Waals surface area (Å²) >= 11 is 0. The lowest BCUT2D eigenvalue weighted by Gasteiger charge is -2.04. The van der Waals surface area contributed by atoms with Gasteiger partial charge in [0.05, 0.1) is 11.1 Å². The van der Waals surface area contributed by atoms with Crippen molar-refractivity contribution in [3.8, 4) is 0 Å². The fourth-order valence-corrected chi connectivity index (χ4v) is 2.55. The van der Waals surface area contributed by atoms with E-state index in [2.05, 4.69) is 10.5 Å². The first-order chi connectivity index (χ1) is 12.1. The molecule has 0 saturated carbocycles. The van der Waals surface area contributed by atoms with Gasteiger partial charge >= 0.3 is 0 Å². The number of benzene rings is 3. The van der Waals surface area contributed by atoms with Crippen molar-refractivity contribution in [1.29, 1.82) is 0 Å². The van der Waals surface area contributed by atoms with Crippen molar-refractivity contribution in [2.24, 2.45) is 5.10 Å². The lowest BCUT2D eigenvalue weighted by molar-refractivity contribution is -0.385. The zero-order valence-electron chi connectivity index (χ0n) is 13.5. The standard InChI is InChI=1S/C19H15N3O3/c1-13-9-10-14(11-18(13)22(24)25)12-20-21-19(23)17-8-4-6-15-5-2-3-7-16(15)17/h2-12H,1H3,(H,21,23). The van der Waals surface area contributed by atoms with Crippen LogP contribution >= 0.6 is 0 Å². The Kier molecular flexibility index (Phi) is 4.52. The predicted octanol–water partition coefficient (Wildman–Crippen LogP) is 3.82. The van der Waals surface area contributed by atoms with Crippen LogP contribution in [0.3, 0.4) is 0 Å². The number of nitro benzene ring substituents is 1. The summed E-state index contributed by atoms with van der Waals surface area (Å²) in [7, 11) is 0. The van der Waals surface area contributed by atoms with Crippen LogP contribution < -0.4 is 5.43 Å². The third-order valence-corrected chi connectivity index (χ3v) is 3.84. The molecule has 0 aliphatic heterocycles. The minimum absolute atomic E-state index is 0.0179. The van der Waals surface area contributed by atoms with Crippen molar-refractivity contribution in [2.75, 3.05) is 0 Å². The van der Waals surface area contributed by atoms with Gasteiger partial charge in [0.15, 0.2) is 0 Å². The summed E-state index contributed by atoms with van der Waals surface area (Å²) in [6, 6.07) is 17.8. The Morgan fingerprint density at radius 1 is 1.12 bits per heavy atom. The number of hydrogen-bond donors (Lipinski definition) is 1. The van der Waals surface area contributed by atoms with Crippen LogP contribution in [-0.4, -0.2) is 17.0 Å². The number of hydrogen-bond acceptors (Lipinski definition) is 4. The molecule has 0 spiro atoms. The average Bonchev–Trinajstić information content (AvgIpc) is 2.62. The van der Waals surface area contributed by atoms with Crippen LogP contribution in [0.25, 0.3) is 10.8 Å². The number of nitrogens with one attached hydrogen (secondary N) is 1. The molecular weight excluding hydrogens is 318 g/mol. The average molecular weight is 333 g/mol. The number of aryl methyl sites for hydroxylation is 1. The van der Waals surface area contributed by atoms with Crippen molar-refractivity contribution in [3.63, 3.8) is 0 Å². The molecule has 0 fully saturated rings. The van der Waals surface area contributed by atoms with Crippen LogP contribution in [0.15, 0.2) is 65.8 Å². The van der Waals surface area contributed by atoms with Crippen LogP contribution in [0.5, 0.6) is 0 Å². The molecule has 0 bridgehead atoms. The van der Waals surface area contributed by atoms with Gasteiger partial charge in [0.1, 0.15) is 0 Å². The second kappa shape index (κ2) is 6.92. The predicted molar refractivity (Wildman–Crippen MR) is 96.8 cm³/mol. The zero-order chi connectivity index (χ0) is 17.8. The molecule has 0 atom stereocenters.